The number of para-hydroxylation sites is 2. The molecule has 0 aliphatic carbocycles. The summed E-state index contributed by atoms with van der Waals surface area (Å²) in [5.41, 5.74) is 8.21. The molecule has 7 aromatic carbocycles. The summed E-state index contributed by atoms with van der Waals surface area (Å²) in [5.74, 6) is 0.951. The van der Waals surface area contributed by atoms with E-state index in [0.29, 0.717) is 0 Å². The molecule has 0 unspecified atom stereocenters. The van der Waals surface area contributed by atoms with E-state index in [1.165, 1.54) is 59.4 Å². The second-order valence-electron chi connectivity index (χ2n) is 11.8. The molecule has 216 valence electrons. The van der Waals surface area contributed by atoms with Gasteiger partial charge in [0.1, 0.15) is 5.82 Å². The van der Waals surface area contributed by atoms with Crippen LogP contribution in [0.15, 0.2) is 127 Å². The monoisotopic (exact) mass is 578 g/mol. The second-order valence-corrected chi connectivity index (χ2v) is 11.8. The normalized spacial score (nSPS) is 12.7. The number of nitrogens with zero attached hydrogens (tertiary/aromatic N) is 2. The van der Waals surface area contributed by atoms with Crippen molar-refractivity contribution in [2.24, 2.45) is 0 Å². The molecule has 8 rings (SSSR count). The Labute approximate surface area is 263 Å². The van der Waals surface area contributed by atoms with Gasteiger partial charge in [-0.3, -0.25) is 4.57 Å². The van der Waals surface area contributed by atoms with Crippen LogP contribution < -0.4 is 10.4 Å². The summed E-state index contributed by atoms with van der Waals surface area (Å²) in [6.45, 7) is 6.64. The van der Waals surface area contributed by atoms with Gasteiger partial charge in [-0.2, -0.15) is 0 Å². The Morgan fingerprint density at radius 2 is 1.27 bits per heavy atom. The van der Waals surface area contributed by atoms with Crippen LogP contribution in [0.5, 0.6) is 0 Å². The van der Waals surface area contributed by atoms with Crippen molar-refractivity contribution in [2.75, 3.05) is 0 Å². The summed E-state index contributed by atoms with van der Waals surface area (Å²) in [7, 11) is 0. The first-order valence-electron chi connectivity index (χ1n) is 15.8. The third-order valence-corrected chi connectivity index (χ3v) is 9.20. The van der Waals surface area contributed by atoms with E-state index >= 15 is 0 Å². The van der Waals surface area contributed by atoms with Crippen molar-refractivity contribution in [1.82, 2.24) is 9.55 Å². The van der Waals surface area contributed by atoms with Crippen LogP contribution in [-0.4, -0.2) is 9.55 Å². The van der Waals surface area contributed by atoms with Gasteiger partial charge in [-0.05, 0) is 116 Å². The van der Waals surface area contributed by atoms with Gasteiger partial charge >= 0.3 is 0 Å². The average Bonchev–Trinajstić information content (AvgIpc) is 3.48. The molecule has 0 fully saturated rings. The highest BCUT2D eigenvalue weighted by molar-refractivity contribution is 6.01. The Hall–Kier alpha value is -5.47. The Morgan fingerprint density at radius 3 is 2.11 bits per heavy atom. The number of hydrogen-bond acceptors (Lipinski definition) is 1. The molecule has 0 saturated heterocycles. The van der Waals surface area contributed by atoms with E-state index in [0.717, 1.165) is 34.5 Å². The van der Waals surface area contributed by atoms with Crippen LogP contribution in [-0.2, 0) is 0 Å². The summed E-state index contributed by atoms with van der Waals surface area (Å²) >= 11 is 0. The van der Waals surface area contributed by atoms with Gasteiger partial charge < -0.3 is 0 Å². The molecule has 1 heterocycles. The van der Waals surface area contributed by atoms with Gasteiger partial charge in [-0.15, -0.1) is 0 Å². The van der Waals surface area contributed by atoms with Gasteiger partial charge in [0.05, 0.1) is 11.0 Å². The van der Waals surface area contributed by atoms with E-state index in [1.54, 1.807) is 0 Å². The highest BCUT2D eigenvalue weighted by Gasteiger charge is 2.16. The number of fused-ring (bicyclic) bond motifs is 4. The number of aryl methyl sites for hydroxylation is 1. The van der Waals surface area contributed by atoms with Gasteiger partial charge in [0.2, 0.25) is 0 Å². The van der Waals surface area contributed by atoms with Crippen molar-refractivity contribution in [3.63, 3.8) is 0 Å². The van der Waals surface area contributed by atoms with E-state index in [4.69, 9.17) is 4.98 Å². The Balaban J connectivity index is 1.32. The van der Waals surface area contributed by atoms with Crippen molar-refractivity contribution in [2.45, 2.75) is 27.2 Å². The lowest BCUT2D eigenvalue weighted by Crippen LogP contribution is -2.30. The SMILES string of the molecule is C/C=c1/c(-c2ccc3cc(-n4c(-c5ccc6ccccc6c5)nc5ccccc54)ccc3c2)c2ccccc2c(C)/c1=C/CC. The van der Waals surface area contributed by atoms with Crippen LogP contribution in [0.25, 0.3) is 83.7 Å². The predicted octanol–water partition coefficient (Wildman–Crippen LogP) is 10.1. The molecule has 0 aliphatic rings. The Bertz CT molecular complexity index is 2550. The molecule has 0 amide bonds. The van der Waals surface area contributed by atoms with Gasteiger partial charge in [0.15, 0.2) is 0 Å². The van der Waals surface area contributed by atoms with Crippen LogP contribution in [0.1, 0.15) is 25.8 Å². The molecular weight excluding hydrogens is 544 g/mol. The number of hydrogen-bond donors (Lipinski definition) is 0. The lowest BCUT2D eigenvalue weighted by Gasteiger charge is -2.15. The predicted molar refractivity (Wildman–Crippen MR) is 193 cm³/mol. The van der Waals surface area contributed by atoms with E-state index in [9.17, 15) is 0 Å². The maximum atomic E-state index is 5.13. The molecule has 0 radical (unpaired) electrons. The van der Waals surface area contributed by atoms with Crippen molar-refractivity contribution in [1.29, 1.82) is 0 Å². The summed E-state index contributed by atoms with van der Waals surface area (Å²) in [6.07, 6.45) is 5.66. The smallest absolute Gasteiger partial charge is 0.145 e. The fourth-order valence-electron chi connectivity index (χ4n) is 7.07. The topological polar surface area (TPSA) is 17.8 Å². The fourth-order valence-corrected chi connectivity index (χ4v) is 7.07. The molecule has 0 N–H and O–H groups in total. The van der Waals surface area contributed by atoms with Crippen LogP contribution >= 0.6 is 0 Å². The summed E-state index contributed by atoms with van der Waals surface area (Å²) < 4.78 is 2.30. The van der Waals surface area contributed by atoms with Crippen LogP contribution in [0.4, 0.5) is 0 Å². The van der Waals surface area contributed by atoms with Crippen molar-refractivity contribution >= 4 is 55.5 Å². The van der Waals surface area contributed by atoms with Crippen LogP contribution in [0.3, 0.4) is 0 Å². The molecule has 8 aromatic rings. The van der Waals surface area contributed by atoms with Gasteiger partial charge in [0, 0.05) is 11.3 Å². The molecule has 0 bridgehead atoms. The second kappa shape index (κ2) is 10.9. The Morgan fingerprint density at radius 1 is 0.622 bits per heavy atom. The fraction of sp³-hybridized carbons (Fsp3) is 0.0930. The Kier molecular flexibility index (Phi) is 6.57. The zero-order valence-corrected chi connectivity index (χ0v) is 25.9. The maximum Gasteiger partial charge on any atom is 0.145 e. The molecule has 2 nitrogen and oxygen atoms in total. The first-order valence-corrected chi connectivity index (χ1v) is 15.8. The molecule has 45 heavy (non-hydrogen) atoms. The summed E-state index contributed by atoms with van der Waals surface area (Å²) in [4.78, 5) is 5.13. The van der Waals surface area contributed by atoms with E-state index in [-0.39, 0.29) is 0 Å². The number of benzene rings is 7. The van der Waals surface area contributed by atoms with Crippen LogP contribution in [0, 0.1) is 6.92 Å². The molecule has 1 aromatic heterocycles. The molecule has 0 aliphatic heterocycles. The van der Waals surface area contributed by atoms with Crippen LogP contribution in [0.2, 0.25) is 0 Å². The van der Waals surface area contributed by atoms with Gasteiger partial charge in [-0.1, -0.05) is 110 Å². The molecule has 2 heteroatoms. The maximum absolute atomic E-state index is 5.13. The molecule has 0 saturated carbocycles. The lowest BCUT2D eigenvalue weighted by molar-refractivity contribution is 1.11. The van der Waals surface area contributed by atoms with Crippen molar-refractivity contribution in [3.05, 3.63) is 143 Å². The van der Waals surface area contributed by atoms with Crippen molar-refractivity contribution in [3.8, 4) is 28.2 Å². The zero-order valence-electron chi connectivity index (χ0n) is 25.9. The molecule has 0 spiro atoms. The van der Waals surface area contributed by atoms with Gasteiger partial charge in [0.25, 0.3) is 0 Å². The highest BCUT2D eigenvalue weighted by Crippen LogP contribution is 2.34. The summed E-state index contributed by atoms with van der Waals surface area (Å²) in [5, 5.41) is 10.2. The first-order chi connectivity index (χ1) is 22.1. The first kappa shape index (κ1) is 27.1. The molecule has 0 atom stereocenters. The third-order valence-electron chi connectivity index (χ3n) is 9.20. The standard InChI is InChI=1S/C43H34N2/c1-4-12-37-28(3)38-15-8-9-16-39(38)42(36(37)5-2)33-21-20-32-27-35(24-23-31(32)25-33)45-41-18-11-10-17-40(41)44-43(45)34-22-19-29-13-6-7-14-30(29)26-34/h5-27H,4H2,1-3H3/b36-5+,37-12-. The lowest BCUT2D eigenvalue weighted by atomic mass is 9.90. The van der Waals surface area contributed by atoms with E-state index in [2.05, 4.69) is 165 Å². The minimum Gasteiger partial charge on any atom is -0.292 e. The number of aromatic nitrogens is 2. The molecular formula is C43H34N2. The van der Waals surface area contributed by atoms with Gasteiger partial charge in [-0.25, -0.2) is 4.98 Å². The minimum absolute atomic E-state index is 0.951. The largest absolute Gasteiger partial charge is 0.292 e. The van der Waals surface area contributed by atoms with E-state index < -0.39 is 0 Å². The minimum atomic E-state index is 0.951. The quantitative estimate of drug-likeness (QED) is 0.203. The number of imidazole rings is 1. The number of rotatable bonds is 4. The van der Waals surface area contributed by atoms with Crippen molar-refractivity contribution < 1.29 is 0 Å². The average molecular weight is 579 g/mol. The zero-order chi connectivity index (χ0) is 30.5. The highest BCUT2D eigenvalue weighted by atomic mass is 15.1. The third kappa shape index (κ3) is 4.45. The summed E-state index contributed by atoms with van der Waals surface area (Å²) in [6, 6.07) is 46.1. The van der Waals surface area contributed by atoms with E-state index in [1.807, 2.05) is 0 Å².